The molecule has 5 heteroatoms. The van der Waals surface area contributed by atoms with E-state index in [0.29, 0.717) is 13.0 Å². The molecule has 0 spiro atoms. The number of unbranched alkanes of at least 4 members (excludes halogenated alkanes) is 1. The molecule has 0 aliphatic carbocycles. The number of hydrogen-bond acceptors (Lipinski definition) is 3. The molecule has 0 amide bonds. The van der Waals surface area contributed by atoms with Crippen LogP contribution in [0.5, 0.6) is 0 Å². The van der Waals surface area contributed by atoms with Gasteiger partial charge in [-0.3, -0.25) is 0 Å². The Labute approximate surface area is 116 Å². The highest BCUT2D eigenvalue weighted by Gasteiger charge is 1.98. The molecule has 0 aromatic heterocycles. The third kappa shape index (κ3) is 6.52. The van der Waals surface area contributed by atoms with E-state index in [1.807, 2.05) is 24.3 Å². The van der Waals surface area contributed by atoms with Crippen LogP contribution in [0, 0.1) is 11.3 Å². The smallest absolute Gasteiger partial charge is 0.134 e. The van der Waals surface area contributed by atoms with Gasteiger partial charge in [-0.1, -0.05) is 47.7 Å². The van der Waals surface area contributed by atoms with Crippen LogP contribution >= 0.6 is 35.6 Å². The van der Waals surface area contributed by atoms with Crippen LogP contribution in [0.15, 0.2) is 24.3 Å². The minimum Gasteiger partial charge on any atom is -0.367 e. The Kier molecular flexibility index (Phi) is 7.02. The molecule has 0 heterocycles. The fourth-order valence-corrected chi connectivity index (χ4v) is 2.24. The molecule has 0 atom stereocenters. The van der Waals surface area contributed by atoms with E-state index in [2.05, 4.69) is 11.4 Å². The van der Waals surface area contributed by atoms with Gasteiger partial charge in [0.15, 0.2) is 0 Å². The molecule has 0 unspecified atom stereocenters. The molecule has 90 valence electrons. The zero-order valence-electron chi connectivity index (χ0n) is 9.28. The topological polar surface area (TPSA) is 35.8 Å². The molecule has 0 bridgehead atoms. The van der Waals surface area contributed by atoms with Crippen molar-refractivity contribution in [3.63, 3.8) is 0 Å². The van der Waals surface area contributed by atoms with Gasteiger partial charge in [-0.05, 0) is 24.1 Å². The lowest BCUT2D eigenvalue weighted by molar-refractivity contribution is 0.938. The van der Waals surface area contributed by atoms with Gasteiger partial charge in [-0.25, -0.2) is 0 Å². The molecule has 1 rings (SSSR count). The second kappa shape index (κ2) is 8.35. The molecule has 1 aromatic carbocycles. The first-order valence-electron chi connectivity index (χ1n) is 5.24. The predicted octanol–water partition coefficient (Wildman–Crippen LogP) is 3.75. The van der Waals surface area contributed by atoms with Crippen LogP contribution in [0.2, 0.25) is 5.02 Å². The Balaban J connectivity index is 2.19. The fraction of sp³-hybridized carbons (Fsp3) is 0.333. The van der Waals surface area contributed by atoms with Gasteiger partial charge < -0.3 is 5.32 Å². The van der Waals surface area contributed by atoms with E-state index < -0.39 is 0 Å². The van der Waals surface area contributed by atoms with E-state index in [4.69, 9.17) is 29.1 Å². The van der Waals surface area contributed by atoms with E-state index in [1.54, 1.807) is 11.8 Å². The first kappa shape index (κ1) is 14.3. The van der Waals surface area contributed by atoms with Crippen molar-refractivity contribution in [2.24, 2.45) is 0 Å². The number of nitrogens with one attached hydrogen (secondary N) is 1. The number of rotatable bonds is 5. The average molecular weight is 285 g/mol. The third-order valence-corrected chi connectivity index (χ3v) is 3.67. The molecule has 1 N–H and O–H groups in total. The summed E-state index contributed by atoms with van der Waals surface area (Å²) in [7, 11) is 0. The summed E-state index contributed by atoms with van der Waals surface area (Å²) in [6.45, 7) is 0.710. The Morgan fingerprint density at radius 1 is 1.41 bits per heavy atom. The van der Waals surface area contributed by atoms with Crippen molar-refractivity contribution >= 4 is 39.9 Å². The van der Waals surface area contributed by atoms with Crippen LogP contribution < -0.4 is 5.32 Å². The number of thiocarbonyl (C=S) groups is 1. The summed E-state index contributed by atoms with van der Waals surface area (Å²) in [5, 5.41) is 12.3. The largest absolute Gasteiger partial charge is 0.367 e. The number of nitrogens with zero attached hydrogens (tertiary/aromatic N) is 1. The van der Waals surface area contributed by atoms with E-state index >= 15 is 0 Å². The number of hydrogen-bond donors (Lipinski definition) is 1. The van der Waals surface area contributed by atoms with Crippen LogP contribution in [-0.4, -0.2) is 10.1 Å². The van der Waals surface area contributed by atoms with Gasteiger partial charge in [0.1, 0.15) is 4.32 Å². The predicted molar refractivity (Wildman–Crippen MR) is 78.2 cm³/mol. The van der Waals surface area contributed by atoms with Crippen LogP contribution in [0.25, 0.3) is 0 Å². The van der Waals surface area contributed by atoms with Crippen molar-refractivity contribution in [1.29, 1.82) is 5.26 Å². The Morgan fingerprint density at radius 3 is 2.76 bits per heavy atom. The molecule has 0 aliphatic heterocycles. The number of nitriles is 1. The van der Waals surface area contributed by atoms with Crippen molar-refractivity contribution < 1.29 is 0 Å². The summed E-state index contributed by atoms with van der Waals surface area (Å²) in [6.07, 6.45) is 1.47. The molecule has 0 radical (unpaired) electrons. The SMILES string of the molecule is N#CCCCSC(=S)NCc1ccc(Cl)cc1. The zero-order valence-corrected chi connectivity index (χ0v) is 11.7. The van der Waals surface area contributed by atoms with Crippen molar-refractivity contribution in [2.75, 3.05) is 5.75 Å². The van der Waals surface area contributed by atoms with Gasteiger partial charge in [0.25, 0.3) is 0 Å². The lowest BCUT2D eigenvalue weighted by Crippen LogP contribution is -2.17. The minimum atomic E-state index is 0.590. The van der Waals surface area contributed by atoms with Crippen LogP contribution in [0.3, 0.4) is 0 Å². The molecule has 0 saturated carbocycles. The Bertz CT molecular complexity index is 398. The van der Waals surface area contributed by atoms with Gasteiger partial charge in [0, 0.05) is 23.7 Å². The van der Waals surface area contributed by atoms with Crippen molar-refractivity contribution in [1.82, 2.24) is 5.32 Å². The van der Waals surface area contributed by atoms with Crippen LogP contribution in [-0.2, 0) is 6.54 Å². The van der Waals surface area contributed by atoms with Crippen LogP contribution in [0.4, 0.5) is 0 Å². The van der Waals surface area contributed by atoms with E-state index in [1.165, 1.54) is 0 Å². The summed E-state index contributed by atoms with van der Waals surface area (Å²) in [4.78, 5) is 0. The molecular weight excluding hydrogens is 272 g/mol. The highest BCUT2D eigenvalue weighted by molar-refractivity contribution is 8.22. The Hall–Kier alpha value is -0.760. The van der Waals surface area contributed by atoms with Crippen molar-refractivity contribution in [2.45, 2.75) is 19.4 Å². The number of thioether (sulfide) groups is 1. The first-order valence-corrected chi connectivity index (χ1v) is 7.01. The minimum absolute atomic E-state index is 0.590. The van der Waals surface area contributed by atoms with Crippen LogP contribution in [0.1, 0.15) is 18.4 Å². The second-order valence-corrected chi connectivity index (χ2v) is 5.59. The Morgan fingerprint density at radius 2 is 2.12 bits per heavy atom. The zero-order chi connectivity index (χ0) is 12.5. The average Bonchev–Trinajstić information content (AvgIpc) is 2.34. The van der Waals surface area contributed by atoms with Gasteiger partial charge in [0.05, 0.1) is 6.07 Å². The molecule has 0 fully saturated rings. The summed E-state index contributed by atoms with van der Waals surface area (Å²) in [5.74, 6) is 0.889. The molecule has 0 aliphatic rings. The van der Waals surface area contributed by atoms with Gasteiger partial charge >= 0.3 is 0 Å². The summed E-state index contributed by atoms with van der Waals surface area (Å²) in [5.41, 5.74) is 1.15. The van der Waals surface area contributed by atoms with E-state index in [9.17, 15) is 0 Å². The van der Waals surface area contributed by atoms with Gasteiger partial charge in [-0.15, -0.1) is 0 Å². The number of benzene rings is 1. The highest BCUT2D eigenvalue weighted by Crippen LogP contribution is 2.10. The molecule has 2 nitrogen and oxygen atoms in total. The standard InChI is InChI=1S/C12H13ClN2S2/c13-11-5-3-10(4-6-11)9-15-12(16)17-8-2-1-7-14/h3-6H,1-2,8-9H2,(H,15,16). The quantitative estimate of drug-likeness (QED) is 0.660. The van der Waals surface area contributed by atoms with Crippen molar-refractivity contribution in [3.05, 3.63) is 34.9 Å². The maximum Gasteiger partial charge on any atom is 0.134 e. The molecule has 0 saturated heterocycles. The second-order valence-electron chi connectivity index (χ2n) is 3.38. The summed E-state index contributed by atoms with van der Waals surface area (Å²) in [6, 6.07) is 9.78. The van der Waals surface area contributed by atoms with Crippen molar-refractivity contribution in [3.8, 4) is 6.07 Å². The van der Waals surface area contributed by atoms with Gasteiger partial charge in [0.2, 0.25) is 0 Å². The lowest BCUT2D eigenvalue weighted by Gasteiger charge is -2.07. The maximum absolute atomic E-state index is 8.39. The number of halogens is 1. The van der Waals surface area contributed by atoms with E-state index in [-0.39, 0.29) is 0 Å². The highest BCUT2D eigenvalue weighted by atomic mass is 35.5. The summed E-state index contributed by atoms with van der Waals surface area (Å²) < 4.78 is 0.776. The first-order chi connectivity index (χ1) is 8.22. The fourth-order valence-electron chi connectivity index (χ4n) is 1.14. The monoisotopic (exact) mass is 284 g/mol. The molecule has 17 heavy (non-hydrogen) atoms. The summed E-state index contributed by atoms with van der Waals surface area (Å²) >= 11 is 12.5. The molecular formula is C12H13ClN2S2. The van der Waals surface area contributed by atoms with Gasteiger partial charge in [-0.2, -0.15) is 5.26 Å². The normalized spacial score (nSPS) is 9.65. The molecule has 1 aromatic rings. The lowest BCUT2D eigenvalue weighted by atomic mass is 10.2. The third-order valence-electron chi connectivity index (χ3n) is 2.02. The van der Waals surface area contributed by atoms with E-state index in [0.717, 1.165) is 27.1 Å². The maximum atomic E-state index is 8.39.